The van der Waals surface area contributed by atoms with Gasteiger partial charge in [-0.05, 0) is 0 Å². The van der Waals surface area contributed by atoms with E-state index in [1.807, 2.05) is 0 Å². The molecule has 0 saturated heterocycles. The molecule has 2 aromatic heterocycles. The topological polar surface area (TPSA) is 113 Å². The number of hydrogen-bond donors (Lipinski definition) is 3. The summed E-state index contributed by atoms with van der Waals surface area (Å²) in [6, 6.07) is 0. The van der Waals surface area contributed by atoms with Crippen molar-refractivity contribution in [2.24, 2.45) is 0 Å². The SMILES string of the molecule is CC(=O)Nc1ncc2[nH]c(NC(C)=O)nc2n1. The van der Waals surface area contributed by atoms with Crippen LogP contribution >= 0.6 is 0 Å². The van der Waals surface area contributed by atoms with Gasteiger partial charge in [0, 0.05) is 13.8 Å². The third-order valence-electron chi connectivity index (χ3n) is 1.82. The molecule has 0 spiro atoms. The third-order valence-corrected chi connectivity index (χ3v) is 1.82. The van der Waals surface area contributed by atoms with Crippen LogP contribution in [-0.4, -0.2) is 31.8 Å². The molecular weight excluding hydrogens is 224 g/mol. The number of carbonyl (C=O) groups is 2. The maximum absolute atomic E-state index is 10.8. The Morgan fingerprint density at radius 2 is 1.88 bits per heavy atom. The summed E-state index contributed by atoms with van der Waals surface area (Å²) in [5, 5.41) is 4.94. The molecule has 0 saturated carbocycles. The molecule has 0 aliphatic carbocycles. The molecule has 0 atom stereocenters. The largest absolute Gasteiger partial charge is 0.321 e. The van der Waals surface area contributed by atoms with Crippen LogP contribution in [-0.2, 0) is 9.59 Å². The van der Waals surface area contributed by atoms with Gasteiger partial charge >= 0.3 is 0 Å². The first-order valence-corrected chi connectivity index (χ1v) is 4.82. The lowest BCUT2D eigenvalue weighted by molar-refractivity contribution is -0.115. The Morgan fingerprint density at radius 3 is 2.53 bits per heavy atom. The standard InChI is InChI=1S/C9H10N6O2/c1-4(16)11-8-10-3-6-7(14-8)15-9(13-6)12-5(2)17/h3H,1-2H3,(H3,10,11,12,13,14,15,16,17). The predicted octanol–water partition coefficient (Wildman–Crippen LogP) is 0.270. The molecule has 8 nitrogen and oxygen atoms in total. The number of anilines is 2. The Bertz CT molecular complexity index is 576. The van der Waals surface area contributed by atoms with Gasteiger partial charge in [-0.2, -0.15) is 9.97 Å². The fourth-order valence-electron chi connectivity index (χ4n) is 1.25. The Balaban J connectivity index is 2.33. The highest BCUT2D eigenvalue weighted by Crippen LogP contribution is 2.12. The van der Waals surface area contributed by atoms with E-state index in [1.54, 1.807) is 0 Å². The van der Waals surface area contributed by atoms with Crippen molar-refractivity contribution in [2.45, 2.75) is 13.8 Å². The van der Waals surface area contributed by atoms with E-state index in [1.165, 1.54) is 20.0 Å². The van der Waals surface area contributed by atoms with Gasteiger partial charge in [-0.25, -0.2) is 4.98 Å². The van der Waals surface area contributed by atoms with E-state index in [0.29, 0.717) is 17.1 Å². The maximum atomic E-state index is 10.8. The van der Waals surface area contributed by atoms with Crippen LogP contribution in [0, 0.1) is 0 Å². The van der Waals surface area contributed by atoms with Crippen molar-refractivity contribution in [1.29, 1.82) is 0 Å². The molecule has 0 fully saturated rings. The number of aromatic nitrogens is 4. The first kappa shape index (κ1) is 11.0. The zero-order chi connectivity index (χ0) is 12.4. The number of H-pyrrole nitrogens is 1. The number of fused-ring (bicyclic) bond motifs is 1. The average molecular weight is 234 g/mol. The summed E-state index contributed by atoms with van der Waals surface area (Å²) in [5.74, 6) is -0.0336. The minimum absolute atomic E-state index is 0.172. The number of aromatic amines is 1. The molecule has 8 heteroatoms. The summed E-state index contributed by atoms with van der Waals surface area (Å²) in [6.07, 6.45) is 1.48. The molecule has 0 aromatic carbocycles. The average Bonchev–Trinajstić information content (AvgIpc) is 2.56. The van der Waals surface area contributed by atoms with Crippen LogP contribution in [0.3, 0.4) is 0 Å². The van der Waals surface area contributed by atoms with Gasteiger partial charge in [0.1, 0.15) is 5.52 Å². The van der Waals surface area contributed by atoms with Crippen LogP contribution in [0.15, 0.2) is 6.20 Å². The predicted molar refractivity (Wildman–Crippen MR) is 60.3 cm³/mol. The summed E-state index contributed by atoms with van der Waals surface area (Å²) in [4.78, 5) is 36.4. The van der Waals surface area contributed by atoms with Crippen molar-refractivity contribution < 1.29 is 9.59 Å². The molecule has 3 N–H and O–H groups in total. The Morgan fingerprint density at radius 1 is 1.18 bits per heavy atom. The van der Waals surface area contributed by atoms with Crippen molar-refractivity contribution in [3.8, 4) is 0 Å². The monoisotopic (exact) mass is 234 g/mol. The second-order valence-corrected chi connectivity index (χ2v) is 3.38. The van der Waals surface area contributed by atoms with Crippen LogP contribution in [0.2, 0.25) is 0 Å². The van der Waals surface area contributed by atoms with Crippen LogP contribution in [0.4, 0.5) is 11.9 Å². The molecule has 2 aromatic rings. The Labute approximate surface area is 95.9 Å². The van der Waals surface area contributed by atoms with Crippen molar-refractivity contribution in [1.82, 2.24) is 19.9 Å². The zero-order valence-corrected chi connectivity index (χ0v) is 9.24. The van der Waals surface area contributed by atoms with E-state index in [4.69, 9.17) is 0 Å². The van der Waals surface area contributed by atoms with E-state index in [9.17, 15) is 9.59 Å². The van der Waals surface area contributed by atoms with Gasteiger partial charge in [-0.15, -0.1) is 0 Å². The molecule has 2 rings (SSSR count). The van der Waals surface area contributed by atoms with Gasteiger partial charge < -0.3 is 4.98 Å². The fourth-order valence-corrected chi connectivity index (χ4v) is 1.25. The first-order chi connectivity index (χ1) is 8.04. The second kappa shape index (κ2) is 4.16. The highest BCUT2D eigenvalue weighted by atomic mass is 16.2. The molecule has 0 unspecified atom stereocenters. The summed E-state index contributed by atoms with van der Waals surface area (Å²) in [7, 11) is 0. The molecular formula is C9H10N6O2. The van der Waals surface area contributed by atoms with Crippen LogP contribution in [0.25, 0.3) is 11.2 Å². The van der Waals surface area contributed by atoms with Gasteiger partial charge in [-0.3, -0.25) is 20.2 Å². The normalized spacial score (nSPS) is 10.2. The van der Waals surface area contributed by atoms with E-state index in [2.05, 4.69) is 30.6 Å². The molecule has 0 bridgehead atoms. The second-order valence-electron chi connectivity index (χ2n) is 3.38. The maximum Gasteiger partial charge on any atom is 0.231 e. The van der Waals surface area contributed by atoms with E-state index < -0.39 is 0 Å². The molecule has 0 aliphatic heterocycles. The van der Waals surface area contributed by atoms with Gasteiger partial charge in [0.15, 0.2) is 5.65 Å². The molecule has 2 heterocycles. The fraction of sp³-hybridized carbons (Fsp3) is 0.222. The first-order valence-electron chi connectivity index (χ1n) is 4.82. The Hall–Kier alpha value is -2.51. The number of nitrogens with one attached hydrogen (secondary N) is 3. The lowest BCUT2D eigenvalue weighted by Crippen LogP contribution is -2.08. The van der Waals surface area contributed by atoms with Crippen LogP contribution in [0.5, 0.6) is 0 Å². The van der Waals surface area contributed by atoms with Crippen LogP contribution < -0.4 is 10.6 Å². The number of nitrogens with zero attached hydrogens (tertiary/aromatic N) is 3. The van der Waals surface area contributed by atoms with E-state index in [-0.39, 0.29) is 17.8 Å². The minimum atomic E-state index is -0.262. The summed E-state index contributed by atoms with van der Waals surface area (Å²) in [5.41, 5.74) is 0.940. The summed E-state index contributed by atoms with van der Waals surface area (Å²) in [6.45, 7) is 2.74. The van der Waals surface area contributed by atoms with Crippen molar-refractivity contribution in [2.75, 3.05) is 10.6 Å². The Kier molecular flexibility index (Phi) is 2.69. The number of hydrogen-bond acceptors (Lipinski definition) is 5. The van der Waals surface area contributed by atoms with Crippen LogP contribution in [0.1, 0.15) is 13.8 Å². The van der Waals surface area contributed by atoms with Gasteiger partial charge in [-0.1, -0.05) is 0 Å². The van der Waals surface area contributed by atoms with Gasteiger partial charge in [0.2, 0.25) is 23.7 Å². The van der Waals surface area contributed by atoms with Crippen molar-refractivity contribution in [3.05, 3.63) is 6.20 Å². The molecule has 0 aliphatic rings. The zero-order valence-electron chi connectivity index (χ0n) is 9.24. The van der Waals surface area contributed by atoms with Gasteiger partial charge in [0.25, 0.3) is 0 Å². The lowest BCUT2D eigenvalue weighted by atomic mass is 10.5. The lowest BCUT2D eigenvalue weighted by Gasteiger charge is -1.97. The number of carbonyl (C=O) groups excluding carboxylic acids is 2. The van der Waals surface area contributed by atoms with Gasteiger partial charge in [0.05, 0.1) is 6.20 Å². The highest BCUT2D eigenvalue weighted by molar-refractivity contribution is 5.89. The molecule has 2 amide bonds. The van der Waals surface area contributed by atoms with E-state index in [0.717, 1.165) is 0 Å². The number of amides is 2. The van der Waals surface area contributed by atoms with Crippen molar-refractivity contribution in [3.63, 3.8) is 0 Å². The van der Waals surface area contributed by atoms with E-state index >= 15 is 0 Å². The molecule has 0 radical (unpaired) electrons. The quantitative estimate of drug-likeness (QED) is 0.690. The van der Waals surface area contributed by atoms with Crippen molar-refractivity contribution >= 4 is 34.9 Å². The number of rotatable bonds is 2. The third kappa shape index (κ3) is 2.54. The minimum Gasteiger partial charge on any atom is -0.321 e. The smallest absolute Gasteiger partial charge is 0.231 e. The summed E-state index contributed by atoms with van der Waals surface area (Å²) < 4.78 is 0. The number of imidazole rings is 1. The molecule has 17 heavy (non-hydrogen) atoms. The molecule has 88 valence electrons. The highest BCUT2D eigenvalue weighted by Gasteiger charge is 2.07. The summed E-state index contributed by atoms with van der Waals surface area (Å²) >= 11 is 0.